The van der Waals surface area contributed by atoms with E-state index < -0.39 is 0 Å². The molecule has 0 aliphatic carbocycles. The summed E-state index contributed by atoms with van der Waals surface area (Å²) in [5, 5.41) is 8.76. The molecular weight excluding hydrogens is 352 g/mol. The Labute approximate surface area is 156 Å². The highest BCUT2D eigenvalue weighted by molar-refractivity contribution is 7.80. The Morgan fingerprint density at radius 3 is 2.48 bits per heavy atom. The first kappa shape index (κ1) is 17.1. The number of nitrogens with one attached hydrogen (secondary N) is 2. The number of fused-ring (bicyclic) bond motifs is 1. The molecule has 5 heteroatoms. The number of amides is 1. The molecule has 3 nitrogen and oxygen atoms in total. The highest BCUT2D eigenvalue weighted by Gasteiger charge is 2.04. The summed E-state index contributed by atoms with van der Waals surface area (Å²) in [6.45, 7) is 0. The van der Waals surface area contributed by atoms with Crippen molar-refractivity contribution >= 4 is 57.4 Å². The van der Waals surface area contributed by atoms with Gasteiger partial charge in [0.15, 0.2) is 5.11 Å². The predicted molar refractivity (Wildman–Crippen MR) is 109 cm³/mol. The minimum Gasteiger partial charge on any atom is -0.332 e. The summed E-state index contributed by atoms with van der Waals surface area (Å²) in [5.74, 6) is -0.298. The number of hydrogen-bond donors (Lipinski definition) is 2. The molecule has 0 atom stereocenters. The molecule has 0 saturated carbocycles. The van der Waals surface area contributed by atoms with Crippen LogP contribution in [0.3, 0.4) is 0 Å². The zero-order valence-corrected chi connectivity index (χ0v) is 14.8. The highest BCUT2D eigenvalue weighted by atomic mass is 35.5. The van der Waals surface area contributed by atoms with E-state index in [1.165, 1.54) is 6.08 Å². The summed E-state index contributed by atoms with van der Waals surface area (Å²) in [7, 11) is 0. The van der Waals surface area contributed by atoms with Crippen LogP contribution in [0.4, 0.5) is 5.69 Å². The van der Waals surface area contributed by atoms with Gasteiger partial charge in [0.2, 0.25) is 5.91 Å². The molecule has 0 aliphatic rings. The quantitative estimate of drug-likeness (QED) is 0.505. The fourth-order valence-corrected chi connectivity index (χ4v) is 2.72. The topological polar surface area (TPSA) is 41.1 Å². The summed E-state index contributed by atoms with van der Waals surface area (Å²) < 4.78 is 0. The van der Waals surface area contributed by atoms with Gasteiger partial charge in [-0.1, -0.05) is 60.1 Å². The lowest BCUT2D eigenvalue weighted by Gasteiger charge is -2.10. The highest BCUT2D eigenvalue weighted by Crippen LogP contribution is 2.22. The molecular formula is C20H15ClN2OS. The van der Waals surface area contributed by atoms with Crippen molar-refractivity contribution in [2.24, 2.45) is 0 Å². The Kier molecular flexibility index (Phi) is 5.43. The molecule has 0 saturated heterocycles. The molecule has 0 bridgehead atoms. The van der Waals surface area contributed by atoms with Crippen LogP contribution in [0.5, 0.6) is 0 Å². The van der Waals surface area contributed by atoms with E-state index in [9.17, 15) is 4.79 Å². The van der Waals surface area contributed by atoms with Gasteiger partial charge in [-0.2, -0.15) is 0 Å². The van der Waals surface area contributed by atoms with E-state index in [4.69, 9.17) is 23.8 Å². The van der Waals surface area contributed by atoms with Crippen LogP contribution in [-0.2, 0) is 4.79 Å². The second kappa shape index (κ2) is 7.92. The molecule has 3 aromatic carbocycles. The van der Waals surface area contributed by atoms with Crippen molar-refractivity contribution in [1.82, 2.24) is 5.32 Å². The maximum absolute atomic E-state index is 12.0. The molecule has 25 heavy (non-hydrogen) atoms. The van der Waals surface area contributed by atoms with Gasteiger partial charge in [-0.15, -0.1) is 0 Å². The third-order valence-corrected chi connectivity index (χ3v) is 4.03. The van der Waals surface area contributed by atoms with Gasteiger partial charge in [0.05, 0.1) is 0 Å². The van der Waals surface area contributed by atoms with Gasteiger partial charge in [0.25, 0.3) is 0 Å². The zero-order valence-electron chi connectivity index (χ0n) is 13.2. The van der Waals surface area contributed by atoms with E-state index in [1.807, 2.05) is 54.6 Å². The van der Waals surface area contributed by atoms with Gasteiger partial charge in [-0.3, -0.25) is 10.1 Å². The van der Waals surface area contributed by atoms with Gasteiger partial charge in [0, 0.05) is 22.2 Å². The van der Waals surface area contributed by atoms with E-state index in [0.29, 0.717) is 5.02 Å². The minimum absolute atomic E-state index is 0.252. The normalized spacial score (nSPS) is 10.8. The molecule has 0 radical (unpaired) electrons. The monoisotopic (exact) mass is 366 g/mol. The van der Waals surface area contributed by atoms with Crippen molar-refractivity contribution < 1.29 is 4.79 Å². The number of rotatable bonds is 3. The number of carbonyl (C=O) groups excluding carboxylic acids is 1. The molecule has 3 rings (SSSR count). The van der Waals surface area contributed by atoms with Gasteiger partial charge in [-0.25, -0.2) is 0 Å². The molecule has 2 N–H and O–H groups in total. The fourth-order valence-electron chi connectivity index (χ4n) is 2.39. The van der Waals surface area contributed by atoms with Crippen LogP contribution in [0.15, 0.2) is 72.8 Å². The van der Waals surface area contributed by atoms with Gasteiger partial charge >= 0.3 is 0 Å². The fraction of sp³-hybridized carbons (Fsp3) is 0. The number of carbonyl (C=O) groups is 1. The molecule has 0 fully saturated rings. The van der Waals surface area contributed by atoms with Crippen LogP contribution in [-0.4, -0.2) is 11.0 Å². The number of hydrogen-bond acceptors (Lipinski definition) is 2. The Hall–Kier alpha value is -2.69. The summed E-state index contributed by atoms with van der Waals surface area (Å²) in [4.78, 5) is 12.0. The third-order valence-electron chi connectivity index (χ3n) is 3.57. The van der Waals surface area contributed by atoms with Gasteiger partial charge in [-0.05, 0) is 47.4 Å². The van der Waals surface area contributed by atoms with E-state index >= 15 is 0 Å². The van der Waals surface area contributed by atoms with Crippen LogP contribution in [0.25, 0.3) is 16.8 Å². The van der Waals surface area contributed by atoms with Crippen molar-refractivity contribution in [3.63, 3.8) is 0 Å². The summed E-state index contributed by atoms with van der Waals surface area (Å²) >= 11 is 11.1. The van der Waals surface area contributed by atoms with E-state index in [1.54, 1.807) is 18.2 Å². The van der Waals surface area contributed by atoms with Crippen molar-refractivity contribution in [2.45, 2.75) is 0 Å². The maximum Gasteiger partial charge on any atom is 0.250 e. The largest absolute Gasteiger partial charge is 0.332 e. The SMILES string of the molecule is O=C(C=Cc1ccc(Cl)cc1)NC(=S)Nc1cccc2ccccc12. The Balaban J connectivity index is 1.63. The van der Waals surface area contributed by atoms with Crippen LogP contribution >= 0.6 is 23.8 Å². The van der Waals surface area contributed by atoms with E-state index in [2.05, 4.69) is 10.6 Å². The molecule has 0 aromatic heterocycles. The molecule has 1 amide bonds. The maximum atomic E-state index is 12.0. The first-order chi connectivity index (χ1) is 12.1. The second-order valence-corrected chi connectivity index (χ2v) is 6.20. The lowest BCUT2D eigenvalue weighted by Crippen LogP contribution is -2.32. The van der Waals surface area contributed by atoms with Crippen molar-refractivity contribution in [3.05, 3.63) is 83.4 Å². The Bertz CT molecular complexity index is 946. The van der Waals surface area contributed by atoms with Crippen LogP contribution in [0, 0.1) is 0 Å². The van der Waals surface area contributed by atoms with E-state index in [0.717, 1.165) is 22.0 Å². The van der Waals surface area contributed by atoms with Crippen LogP contribution in [0.1, 0.15) is 5.56 Å². The first-order valence-electron chi connectivity index (χ1n) is 7.65. The first-order valence-corrected chi connectivity index (χ1v) is 8.44. The number of thiocarbonyl (C=S) groups is 1. The number of halogens is 1. The summed E-state index contributed by atoms with van der Waals surface area (Å²) in [6.07, 6.45) is 3.13. The molecule has 0 aliphatic heterocycles. The third kappa shape index (κ3) is 4.66. The van der Waals surface area contributed by atoms with Crippen LogP contribution < -0.4 is 10.6 Å². The smallest absolute Gasteiger partial charge is 0.250 e. The molecule has 0 unspecified atom stereocenters. The average Bonchev–Trinajstić information content (AvgIpc) is 2.61. The van der Waals surface area contributed by atoms with Gasteiger partial charge < -0.3 is 5.32 Å². The molecule has 0 spiro atoms. The Morgan fingerprint density at radius 2 is 1.68 bits per heavy atom. The number of benzene rings is 3. The summed E-state index contributed by atoms with van der Waals surface area (Å²) in [5.41, 5.74) is 1.73. The van der Waals surface area contributed by atoms with Crippen molar-refractivity contribution in [3.8, 4) is 0 Å². The lowest BCUT2D eigenvalue weighted by atomic mass is 10.1. The summed E-state index contributed by atoms with van der Waals surface area (Å²) in [6, 6.07) is 21.1. The van der Waals surface area contributed by atoms with E-state index in [-0.39, 0.29) is 11.0 Å². The Morgan fingerprint density at radius 1 is 0.960 bits per heavy atom. The van der Waals surface area contributed by atoms with Gasteiger partial charge in [0.1, 0.15) is 0 Å². The average molecular weight is 367 g/mol. The van der Waals surface area contributed by atoms with Crippen LogP contribution in [0.2, 0.25) is 5.02 Å². The minimum atomic E-state index is -0.298. The van der Waals surface area contributed by atoms with Crippen molar-refractivity contribution in [2.75, 3.05) is 5.32 Å². The zero-order chi connectivity index (χ0) is 17.6. The lowest BCUT2D eigenvalue weighted by molar-refractivity contribution is -0.115. The van der Waals surface area contributed by atoms with Crippen molar-refractivity contribution in [1.29, 1.82) is 0 Å². The number of anilines is 1. The molecule has 3 aromatic rings. The molecule has 0 heterocycles. The second-order valence-electron chi connectivity index (χ2n) is 5.35. The predicted octanol–water partition coefficient (Wildman–Crippen LogP) is 5.02. The molecule has 124 valence electrons. The standard InChI is InChI=1S/C20H15ClN2OS/c21-16-11-8-14(9-12-16)10-13-19(24)23-20(25)22-18-7-3-5-15-4-1-2-6-17(15)18/h1-13H,(H2,22,23,24,25).